The topological polar surface area (TPSA) is 0 Å². The molecule has 0 spiro atoms. The molecule has 0 unspecified atom stereocenters. The van der Waals surface area contributed by atoms with E-state index in [4.69, 9.17) is 11.6 Å². The largest absolute Gasteiger partial charge is 0.205 e. The van der Waals surface area contributed by atoms with E-state index in [0.717, 1.165) is 11.1 Å². The van der Waals surface area contributed by atoms with E-state index in [1.54, 1.807) is 6.07 Å². The molecule has 0 aliphatic carbocycles. The molecule has 15 heavy (non-hydrogen) atoms. The van der Waals surface area contributed by atoms with Crippen LogP contribution in [0, 0.1) is 5.82 Å². The molecule has 0 saturated heterocycles. The van der Waals surface area contributed by atoms with Gasteiger partial charge in [-0.2, -0.15) is 0 Å². The van der Waals surface area contributed by atoms with Crippen LogP contribution >= 0.6 is 27.5 Å². The zero-order chi connectivity index (χ0) is 10.8. The third-order valence-corrected chi connectivity index (χ3v) is 3.33. The van der Waals surface area contributed by atoms with Crippen molar-refractivity contribution in [1.82, 2.24) is 0 Å². The summed E-state index contributed by atoms with van der Waals surface area (Å²) in [5.41, 5.74) is 1.78. The highest BCUT2D eigenvalue weighted by Gasteiger charge is 2.07. The van der Waals surface area contributed by atoms with Crippen molar-refractivity contribution >= 4 is 27.5 Å². The lowest BCUT2D eigenvalue weighted by molar-refractivity contribution is 0.628. The van der Waals surface area contributed by atoms with Crippen LogP contribution in [0.25, 0.3) is 11.1 Å². The molecule has 2 aromatic carbocycles. The molecule has 2 aromatic rings. The fourth-order valence-electron chi connectivity index (χ4n) is 1.35. The Morgan fingerprint density at radius 2 is 1.67 bits per heavy atom. The monoisotopic (exact) mass is 284 g/mol. The maximum Gasteiger partial charge on any atom is 0.143 e. The van der Waals surface area contributed by atoms with Crippen molar-refractivity contribution in [2.24, 2.45) is 0 Å². The number of rotatable bonds is 1. The SMILES string of the molecule is Fc1cc(-c2ccccc2)cc(Br)c1Cl. The Balaban J connectivity index is 2.56. The molecule has 0 saturated carbocycles. The van der Waals surface area contributed by atoms with Gasteiger partial charge >= 0.3 is 0 Å². The third kappa shape index (κ3) is 2.21. The summed E-state index contributed by atoms with van der Waals surface area (Å²) in [5.74, 6) is -0.412. The van der Waals surface area contributed by atoms with Gasteiger partial charge in [-0.3, -0.25) is 0 Å². The number of hydrogen-bond acceptors (Lipinski definition) is 0. The van der Waals surface area contributed by atoms with Crippen molar-refractivity contribution in [3.8, 4) is 11.1 Å². The summed E-state index contributed by atoms with van der Waals surface area (Å²) in [7, 11) is 0. The van der Waals surface area contributed by atoms with Crippen LogP contribution < -0.4 is 0 Å². The molecule has 0 aromatic heterocycles. The van der Waals surface area contributed by atoms with E-state index in [1.807, 2.05) is 30.3 Å². The Labute approximate surface area is 101 Å². The summed E-state index contributed by atoms with van der Waals surface area (Å²) in [6.07, 6.45) is 0. The molecule has 0 aliphatic rings. The first-order valence-electron chi connectivity index (χ1n) is 4.38. The summed E-state index contributed by atoms with van der Waals surface area (Å²) in [4.78, 5) is 0. The van der Waals surface area contributed by atoms with Gasteiger partial charge in [-0.25, -0.2) is 4.39 Å². The molecule has 0 fully saturated rings. The van der Waals surface area contributed by atoms with E-state index in [2.05, 4.69) is 15.9 Å². The molecule has 0 radical (unpaired) electrons. The highest BCUT2D eigenvalue weighted by Crippen LogP contribution is 2.31. The molecule has 0 bridgehead atoms. The molecule has 76 valence electrons. The number of halogens is 3. The average molecular weight is 286 g/mol. The Bertz CT molecular complexity index is 459. The van der Waals surface area contributed by atoms with E-state index in [9.17, 15) is 4.39 Å². The van der Waals surface area contributed by atoms with E-state index < -0.39 is 5.82 Å². The van der Waals surface area contributed by atoms with Crippen molar-refractivity contribution in [2.75, 3.05) is 0 Å². The maximum absolute atomic E-state index is 13.4. The highest BCUT2D eigenvalue weighted by atomic mass is 79.9. The van der Waals surface area contributed by atoms with Crippen LogP contribution in [0.1, 0.15) is 0 Å². The fraction of sp³-hybridized carbons (Fsp3) is 0. The molecule has 2 rings (SSSR count). The summed E-state index contributed by atoms with van der Waals surface area (Å²) in [5, 5.41) is 0.120. The Hall–Kier alpha value is -0.860. The molecule has 0 aliphatic heterocycles. The zero-order valence-corrected chi connectivity index (χ0v) is 10.0. The second-order valence-electron chi connectivity index (χ2n) is 3.12. The van der Waals surface area contributed by atoms with Crippen LogP contribution in [0.5, 0.6) is 0 Å². The predicted octanol–water partition coefficient (Wildman–Crippen LogP) is 4.91. The van der Waals surface area contributed by atoms with Crippen molar-refractivity contribution in [1.29, 1.82) is 0 Å². The van der Waals surface area contributed by atoms with E-state index in [1.165, 1.54) is 6.07 Å². The molecule has 0 N–H and O–H groups in total. The summed E-state index contributed by atoms with van der Waals surface area (Å²) >= 11 is 8.94. The van der Waals surface area contributed by atoms with Crippen LogP contribution in [-0.4, -0.2) is 0 Å². The smallest absolute Gasteiger partial charge is 0.143 e. The van der Waals surface area contributed by atoms with Gasteiger partial charge in [0.25, 0.3) is 0 Å². The lowest BCUT2D eigenvalue weighted by Gasteiger charge is -2.04. The molecule has 0 heterocycles. The van der Waals surface area contributed by atoms with Crippen molar-refractivity contribution in [3.05, 3.63) is 57.8 Å². The Morgan fingerprint density at radius 1 is 1.00 bits per heavy atom. The van der Waals surface area contributed by atoms with Gasteiger partial charge in [0.05, 0.1) is 5.02 Å². The quantitative estimate of drug-likeness (QED) is 0.653. The highest BCUT2D eigenvalue weighted by molar-refractivity contribution is 9.10. The predicted molar refractivity (Wildman–Crippen MR) is 64.5 cm³/mol. The lowest BCUT2D eigenvalue weighted by atomic mass is 10.1. The van der Waals surface area contributed by atoms with Gasteiger partial charge in [-0.1, -0.05) is 41.9 Å². The van der Waals surface area contributed by atoms with E-state index >= 15 is 0 Å². The minimum Gasteiger partial charge on any atom is -0.205 e. The second-order valence-corrected chi connectivity index (χ2v) is 4.35. The maximum atomic E-state index is 13.4. The average Bonchev–Trinajstić information content (AvgIpc) is 2.26. The summed E-state index contributed by atoms with van der Waals surface area (Å²) in [6, 6.07) is 12.8. The van der Waals surface area contributed by atoms with Crippen LogP contribution in [0.4, 0.5) is 4.39 Å². The second kappa shape index (κ2) is 4.33. The van der Waals surface area contributed by atoms with Crippen molar-refractivity contribution in [3.63, 3.8) is 0 Å². The van der Waals surface area contributed by atoms with Crippen LogP contribution in [0.15, 0.2) is 46.9 Å². The van der Waals surface area contributed by atoms with Crippen LogP contribution in [0.3, 0.4) is 0 Å². The van der Waals surface area contributed by atoms with Gasteiger partial charge < -0.3 is 0 Å². The van der Waals surface area contributed by atoms with E-state index in [-0.39, 0.29) is 5.02 Å². The minimum absolute atomic E-state index is 0.120. The van der Waals surface area contributed by atoms with Crippen molar-refractivity contribution in [2.45, 2.75) is 0 Å². The van der Waals surface area contributed by atoms with Crippen LogP contribution in [-0.2, 0) is 0 Å². The normalized spacial score (nSPS) is 10.3. The first-order valence-corrected chi connectivity index (χ1v) is 5.55. The first-order chi connectivity index (χ1) is 7.18. The molecule has 0 nitrogen and oxygen atoms in total. The van der Waals surface area contributed by atoms with Gasteiger partial charge in [0.1, 0.15) is 5.82 Å². The standard InChI is InChI=1S/C12H7BrClF/c13-10-6-9(7-11(15)12(10)14)8-4-2-1-3-5-8/h1-7H. The Morgan fingerprint density at radius 3 is 2.27 bits per heavy atom. The Kier molecular flexibility index (Phi) is 3.08. The summed E-state index contributed by atoms with van der Waals surface area (Å²) < 4.78 is 13.9. The number of benzene rings is 2. The van der Waals surface area contributed by atoms with Crippen molar-refractivity contribution < 1.29 is 4.39 Å². The van der Waals surface area contributed by atoms with Gasteiger partial charge in [0, 0.05) is 4.47 Å². The number of hydrogen-bond donors (Lipinski definition) is 0. The van der Waals surface area contributed by atoms with E-state index in [0.29, 0.717) is 4.47 Å². The molecule has 3 heteroatoms. The van der Waals surface area contributed by atoms with Crippen LogP contribution in [0.2, 0.25) is 5.02 Å². The van der Waals surface area contributed by atoms with Gasteiger partial charge in [0.2, 0.25) is 0 Å². The molecule has 0 atom stereocenters. The molecular formula is C12H7BrClF. The van der Waals surface area contributed by atoms with Gasteiger partial charge in [0.15, 0.2) is 0 Å². The minimum atomic E-state index is -0.412. The van der Waals surface area contributed by atoms with Gasteiger partial charge in [-0.15, -0.1) is 0 Å². The molecule has 0 amide bonds. The summed E-state index contributed by atoms with van der Waals surface area (Å²) in [6.45, 7) is 0. The fourth-order valence-corrected chi connectivity index (χ4v) is 1.90. The lowest BCUT2D eigenvalue weighted by Crippen LogP contribution is -1.83. The van der Waals surface area contributed by atoms with Gasteiger partial charge in [-0.05, 0) is 39.2 Å². The molecular weight excluding hydrogens is 278 g/mol. The first kappa shape index (κ1) is 10.7. The third-order valence-electron chi connectivity index (χ3n) is 2.09. The zero-order valence-electron chi connectivity index (χ0n) is 7.68.